The van der Waals surface area contributed by atoms with E-state index in [0.717, 1.165) is 3.57 Å². The fourth-order valence-corrected chi connectivity index (χ4v) is 1.77. The van der Waals surface area contributed by atoms with Crippen LogP contribution in [0.15, 0.2) is 18.2 Å². The van der Waals surface area contributed by atoms with Crippen LogP contribution in [0.5, 0.6) is 5.75 Å². The quantitative estimate of drug-likeness (QED) is 0.608. The van der Waals surface area contributed by atoms with Crippen LogP contribution in [0.1, 0.15) is 17.3 Å². The number of aliphatic carboxylic acids is 1. The van der Waals surface area contributed by atoms with Crippen molar-refractivity contribution in [3.05, 3.63) is 27.3 Å². The van der Waals surface area contributed by atoms with Crippen molar-refractivity contribution in [1.82, 2.24) is 5.32 Å². The Morgan fingerprint density at radius 1 is 1.44 bits per heavy atom. The van der Waals surface area contributed by atoms with Crippen molar-refractivity contribution in [2.75, 3.05) is 0 Å². The van der Waals surface area contributed by atoms with Crippen LogP contribution in [0.2, 0.25) is 0 Å². The maximum atomic E-state index is 11.7. The number of rotatable bonds is 4. The Hall–Kier alpha value is -1.35. The first-order chi connectivity index (χ1) is 8.32. The highest BCUT2D eigenvalue weighted by Crippen LogP contribution is 2.19. The number of hydrogen-bond acceptors (Lipinski definition) is 5. The first-order valence-electron chi connectivity index (χ1n) is 5.01. The lowest BCUT2D eigenvalue weighted by Gasteiger charge is -2.22. The molecule has 3 N–H and O–H groups in total. The Labute approximate surface area is 117 Å². The summed E-state index contributed by atoms with van der Waals surface area (Å²) in [4.78, 5) is 22.4. The predicted molar refractivity (Wildman–Crippen MR) is 68.8 cm³/mol. The first-order valence-corrected chi connectivity index (χ1v) is 6.09. The van der Waals surface area contributed by atoms with Crippen molar-refractivity contribution in [3.63, 3.8) is 0 Å². The molecule has 2 atom stereocenters. The molecule has 0 saturated heterocycles. The number of benzene rings is 1. The summed E-state index contributed by atoms with van der Waals surface area (Å²) in [5.41, 5.74) is -0.0673. The number of carboxylic acids is 1. The molecule has 1 amide bonds. The van der Waals surface area contributed by atoms with E-state index in [0.29, 0.717) is 0 Å². The van der Waals surface area contributed by atoms with Crippen LogP contribution in [0.25, 0.3) is 0 Å². The molecular weight excluding hydrogens is 353 g/mol. The van der Waals surface area contributed by atoms with Gasteiger partial charge in [-0.1, -0.05) is 0 Å². The molecule has 18 heavy (non-hydrogen) atoms. The topological polar surface area (TPSA) is 110 Å². The molecule has 7 heteroatoms. The highest BCUT2D eigenvalue weighted by atomic mass is 127. The van der Waals surface area contributed by atoms with Crippen LogP contribution in [0.4, 0.5) is 0 Å². The van der Waals surface area contributed by atoms with E-state index in [2.05, 4.69) is 5.32 Å². The number of carbonyl (C=O) groups excluding carboxylic acids is 2. The molecule has 1 aromatic rings. The third-order valence-corrected chi connectivity index (χ3v) is 2.90. The average Bonchev–Trinajstić information content (AvgIpc) is 2.24. The largest absolute Gasteiger partial charge is 0.548 e. The van der Waals surface area contributed by atoms with Crippen LogP contribution in [0.3, 0.4) is 0 Å². The molecule has 1 aromatic carbocycles. The van der Waals surface area contributed by atoms with Gasteiger partial charge in [0.1, 0.15) is 5.75 Å². The summed E-state index contributed by atoms with van der Waals surface area (Å²) in [6, 6.07) is 2.79. The smallest absolute Gasteiger partial charge is 0.255 e. The summed E-state index contributed by atoms with van der Waals surface area (Å²) in [5.74, 6) is -2.65. The molecule has 98 valence electrons. The zero-order chi connectivity index (χ0) is 13.9. The van der Waals surface area contributed by atoms with Gasteiger partial charge in [0.05, 0.1) is 23.7 Å². The normalized spacial score (nSPS) is 13.7. The Kier molecular flexibility index (Phi) is 4.91. The van der Waals surface area contributed by atoms with Crippen LogP contribution < -0.4 is 10.4 Å². The SMILES string of the molecule is C[C@H](O)[C@@H](NC(=O)c1ccc(I)cc1O)C(=O)[O-]. The maximum Gasteiger partial charge on any atom is 0.255 e. The number of aliphatic hydroxyl groups is 1. The minimum Gasteiger partial charge on any atom is -0.548 e. The van der Waals surface area contributed by atoms with Gasteiger partial charge >= 0.3 is 0 Å². The number of amides is 1. The molecular formula is C11H11INO5-. The van der Waals surface area contributed by atoms with Crippen LogP contribution >= 0.6 is 22.6 Å². The van der Waals surface area contributed by atoms with Gasteiger partial charge in [-0.15, -0.1) is 0 Å². The summed E-state index contributed by atoms with van der Waals surface area (Å²) < 4.78 is 0.730. The Morgan fingerprint density at radius 3 is 2.50 bits per heavy atom. The van der Waals surface area contributed by atoms with Crippen molar-refractivity contribution in [3.8, 4) is 5.75 Å². The summed E-state index contributed by atoms with van der Waals surface area (Å²) in [5, 5.41) is 31.5. The Bertz CT molecular complexity index is 475. The van der Waals surface area contributed by atoms with Gasteiger partial charge in [0.15, 0.2) is 0 Å². The number of aliphatic hydroxyl groups excluding tert-OH is 1. The van der Waals surface area contributed by atoms with Crippen LogP contribution in [-0.2, 0) is 4.79 Å². The summed E-state index contributed by atoms with van der Waals surface area (Å²) >= 11 is 1.96. The second-order valence-electron chi connectivity index (χ2n) is 3.67. The number of halogens is 1. The molecule has 0 spiro atoms. The zero-order valence-corrected chi connectivity index (χ0v) is 11.5. The molecule has 0 aliphatic carbocycles. The molecule has 0 aliphatic rings. The molecule has 0 aliphatic heterocycles. The monoisotopic (exact) mass is 364 g/mol. The number of carboxylic acid groups (broad SMARTS) is 1. The van der Waals surface area contributed by atoms with E-state index in [1.807, 2.05) is 22.6 Å². The number of hydrogen-bond donors (Lipinski definition) is 3. The van der Waals surface area contributed by atoms with E-state index in [1.165, 1.54) is 19.1 Å². The first kappa shape index (κ1) is 14.7. The molecule has 0 heterocycles. The Balaban J connectivity index is 2.91. The highest BCUT2D eigenvalue weighted by molar-refractivity contribution is 14.1. The highest BCUT2D eigenvalue weighted by Gasteiger charge is 2.21. The van der Waals surface area contributed by atoms with Crippen molar-refractivity contribution in [2.45, 2.75) is 19.1 Å². The average molecular weight is 364 g/mol. The molecule has 0 fully saturated rings. The molecule has 1 rings (SSSR count). The van der Waals surface area contributed by atoms with Gasteiger partial charge in [-0.05, 0) is 47.7 Å². The minimum absolute atomic E-state index is 0.0673. The number of aromatic hydroxyl groups is 1. The van der Waals surface area contributed by atoms with Gasteiger partial charge in [0.2, 0.25) is 0 Å². The van der Waals surface area contributed by atoms with Gasteiger partial charge in [-0.2, -0.15) is 0 Å². The summed E-state index contributed by atoms with van der Waals surface area (Å²) in [7, 11) is 0. The molecule has 0 unspecified atom stereocenters. The molecule has 6 nitrogen and oxygen atoms in total. The Morgan fingerprint density at radius 2 is 2.06 bits per heavy atom. The molecule has 0 saturated carbocycles. The molecule has 0 radical (unpaired) electrons. The van der Waals surface area contributed by atoms with Crippen molar-refractivity contribution >= 4 is 34.5 Å². The zero-order valence-electron chi connectivity index (χ0n) is 9.38. The third kappa shape index (κ3) is 3.57. The summed E-state index contributed by atoms with van der Waals surface area (Å²) in [6.45, 7) is 1.22. The lowest BCUT2D eigenvalue weighted by Crippen LogP contribution is -2.53. The molecule has 0 aromatic heterocycles. The number of phenols is 1. The standard InChI is InChI=1S/C11H12INO5/c1-5(14)9(11(17)18)13-10(16)7-3-2-6(12)4-8(7)15/h2-5,9,14-15H,1H3,(H,13,16)(H,17,18)/p-1/t5-,9+/m0/s1. The van der Waals surface area contributed by atoms with Crippen molar-refractivity contribution < 1.29 is 24.9 Å². The lowest BCUT2D eigenvalue weighted by atomic mass is 10.1. The van der Waals surface area contributed by atoms with Crippen molar-refractivity contribution in [1.29, 1.82) is 0 Å². The van der Waals surface area contributed by atoms with Gasteiger partial charge < -0.3 is 25.4 Å². The lowest BCUT2D eigenvalue weighted by molar-refractivity contribution is -0.310. The minimum atomic E-state index is -1.59. The van der Waals surface area contributed by atoms with Crippen LogP contribution in [-0.4, -0.2) is 34.2 Å². The second kappa shape index (κ2) is 6.01. The summed E-state index contributed by atoms with van der Waals surface area (Å²) in [6.07, 6.45) is -1.30. The maximum absolute atomic E-state index is 11.7. The predicted octanol–water partition coefficient (Wildman–Crippen LogP) is -0.774. The van der Waals surface area contributed by atoms with E-state index >= 15 is 0 Å². The van der Waals surface area contributed by atoms with Gasteiger partial charge in [-0.3, -0.25) is 4.79 Å². The third-order valence-electron chi connectivity index (χ3n) is 2.23. The van der Waals surface area contributed by atoms with Gasteiger partial charge in [-0.25, -0.2) is 0 Å². The van der Waals surface area contributed by atoms with Crippen molar-refractivity contribution in [2.24, 2.45) is 0 Å². The van der Waals surface area contributed by atoms with E-state index in [1.54, 1.807) is 6.07 Å². The van der Waals surface area contributed by atoms with Crippen LogP contribution in [0, 0.1) is 3.57 Å². The second-order valence-corrected chi connectivity index (χ2v) is 4.92. The van der Waals surface area contributed by atoms with Gasteiger partial charge in [0.25, 0.3) is 5.91 Å². The molecule has 0 bridgehead atoms. The van der Waals surface area contributed by atoms with E-state index < -0.39 is 24.0 Å². The number of carbonyl (C=O) groups is 2. The fraction of sp³-hybridized carbons (Fsp3) is 0.273. The van der Waals surface area contributed by atoms with E-state index in [9.17, 15) is 24.9 Å². The van der Waals surface area contributed by atoms with E-state index in [4.69, 9.17) is 0 Å². The number of nitrogens with one attached hydrogen (secondary N) is 1. The van der Waals surface area contributed by atoms with Gasteiger partial charge in [0, 0.05) is 3.57 Å². The number of phenolic OH excluding ortho intramolecular Hbond substituents is 1. The fourth-order valence-electron chi connectivity index (χ4n) is 1.29. The van der Waals surface area contributed by atoms with E-state index in [-0.39, 0.29) is 11.3 Å².